The molecule has 0 aliphatic rings. The van der Waals surface area contributed by atoms with Crippen molar-refractivity contribution in [3.8, 4) is 16.2 Å². The second-order valence-electron chi connectivity index (χ2n) is 3.29. The molecular weight excluding hydrogens is 208 g/mol. The highest BCUT2D eigenvalue weighted by atomic mass is 32.1. The first kappa shape index (κ1) is 9.93. The normalized spacial score (nSPS) is 10.2. The lowest BCUT2D eigenvalue weighted by atomic mass is 10.0. The van der Waals surface area contributed by atoms with Crippen LogP contribution in [0.5, 0.6) is 5.75 Å². The second kappa shape index (κ2) is 3.87. The van der Waals surface area contributed by atoms with Crippen molar-refractivity contribution < 1.29 is 9.90 Å². The topological polar surface area (TPSA) is 37.3 Å². The van der Waals surface area contributed by atoms with E-state index in [0.29, 0.717) is 11.8 Å². The van der Waals surface area contributed by atoms with Gasteiger partial charge in [-0.3, -0.25) is 4.79 Å². The number of rotatable bonds is 2. The molecule has 1 aromatic heterocycles. The van der Waals surface area contributed by atoms with Crippen LogP contribution in [0.15, 0.2) is 29.6 Å². The van der Waals surface area contributed by atoms with Gasteiger partial charge in [0.25, 0.3) is 0 Å². The van der Waals surface area contributed by atoms with Crippen molar-refractivity contribution in [1.29, 1.82) is 0 Å². The molecule has 0 unspecified atom stereocenters. The number of aromatic hydroxyl groups is 1. The van der Waals surface area contributed by atoms with Crippen LogP contribution in [0.1, 0.15) is 15.9 Å². The van der Waals surface area contributed by atoms with Gasteiger partial charge in [0.2, 0.25) is 0 Å². The Labute approximate surface area is 91.8 Å². The summed E-state index contributed by atoms with van der Waals surface area (Å²) < 4.78 is 0. The Kier molecular flexibility index (Phi) is 2.56. The Bertz CT molecular complexity index is 487. The van der Waals surface area contributed by atoms with Gasteiger partial charge in [0.1, 0.15) is 5.75 Å². The van der Waals surface area contributed by atoms with Crippen LogP contribution < -0.4 is 0 Å². The zero-order valence-corrected chi connectivity index (χ0v) is 9.04. The van der Waals surface area contributed by atoms with Crippen molar-refractivity contribution in [1.82, 2.24) is 0 Å². The summed E-state index contributed by atoms with van der Waals surface area (Å²) >= 11 is 1.55. The molecule has 0 spiro atoms. The Balaban J connectivity index is 2.68. The van der Waals surface area contributed by atoms with E-state index in [1.54, 1.807) is 18.3 Å². The maximum absolute atomic E-state index is 10.9. The van der Waals surface area contributed by atoms with Gasteiger partial charge in [-0.25, -0.2) is 0 Å². The first-order valence-corrected chi connectivity index (χ1v) is 5.43. The number of aldehydes is 1. The lowest BCUT2D eigenvalue weighted by Crippen LogP contribution is -1.89. The van der Waals surface area contributed by atoms with Crippen LogP contribution in [-0.4, -0.2) is 11.4 Å². The molecule has 0 saturated heterocycles. The molecule has 0 amide bonds. The van der Waals surface area contributed by atoms with Gasteiger partial charge in [-0.1, -0.05) is 18.2 Å². The minimum atomic E-state index is 0.0795. The summed E-state index contributed by atoms with van der Waals surface area (Å²) in [4.78, 5) is 11.9. The average Bonchev–Trinajstić information content (AvgIpc) is 2.75. The first-order chi connectivity index (χ1) is 7.24. The third kappa shape index (κ3) is 1.66. The van der Waals surface area contributed by atoms with Gasteiger partial charge >= 0.3 is 0 Å². The fourth-order valence-corrected chi connectivity index (χ4v) is 2.25. The third-order valence-electron chi connectivity index (χ3n) is 2.32. The Morgan fingerprint density at radius 3 is 2.73 bits per heavy atom. The maximum atomic E-state index is 10.9. The van der Waals surface area contributed by atoms with E-state index in [2.05, 4.69) is 0 Å². The largest absolute Gasteiger partial charge is 0.507 e. The van der Waals surface area contributed by atoms with E-state index in [1.807, 2.05) is 29.6 Å². The minimum absolute atomic E-state index is 0.0795. The molecule has 0 fully saturated rings. The Morgan fingerprint density at radius 1 is 1.33 bits per heavy atom. The van der Waals surface area contributed by atoms with Gasteiger partial charge in [-0.2, -0.15) is 0 Å². The van der Waals surface area contributed by atoms with Gasteiger partial charge in [0.05, 0.1) is 5.56 Å². The zero-order chi connectivity index (χ0) is 10.8. The molecule has 0 radical (unpaired) electrons. The summed E-state index contributed by atoms with van der Waals surface area (Å²) in [5.41, 5.74) is 1.89. The predicted molar refractivity (Wildman–Crippen MR) is 61.5 cm³/mol. The van der Waals surface area contributed by atoms with Crippen LogP contribution in [0.2, 0.25) is 0 Å². The minimum Gasteiger partial charge on any atom is -0.507 e. The molecular formula is C12H10O2S. The van der Waals surface area contributed by atoms with E-state index in [0.717, 1.165) is 16.0 Å². The lowest BCUT2D eigenvalue weighted by Gasteiger charge is -2.06. The van der Waals surface area contributed by atoms with E-state index >= 15 is 0 Å². The second-order valence-corrected chi connectivity index (χ2v) is 4.24. The van der Waals surface area contributed by atoms with Crippen LogP contribution in [0.25, 0.3) is 10.4 Å². The average molecular weight is 218 g/mol. The summed E-state index contributed by atoms with van der Waals surface area (Å²) in [6.07, 6.45) is 0.706. The van der Waals surface area contributed by atoms with Gasteiger partial charge in [-0.05, 0) is 23.9 Å². The van der Waals surface area contributed by atoms with Gasteiger partial charge < -0.3 is 5.11 Å². The maximum Gasteiger partial charge on any atom is 0.154 e. The molecule has 2 nitrogen and oxygen atoms in total. The number of carbonyl (C=O) groups is 1. The quantitative estimate of drug-likeness (QED) is 0.786. The fourth-order valence-electron chi connectivity index (χ4n) is 1.48. The van der Waals surface area contributed by atoms with Crippen LogP contribution in [0.4, 0.5) is 0 Å². The molecule has 76 valence electrons. The molecule has 3 heteroatoms. The number of carbonyl (C=O) groups excluding carboxylic acids is 1. The number of hydrogen-bond donors (Lipinski definition) is 1. The molecule has 0 aliphatic heterocycles. The van der Waals surface area contributed by atoms with Crippen molar-refractivity contribution in [2.24, 2.45) is 0 Å². The molecule has 0 saturated carbocycles. The summed E-state index contributed by atoms with van der Waals surface area (Å²) in [6, 6.07) is 7.54. The summed E-state index contributed by atoms with van der Waals surface area (Å²) in [7, 11) is 0. The zero-order valence-electron chi connectivity index (χ0n) is 8.23. The van der Waals surface area contributed by atoms with Crippen LogP contribution in [0, 0.1) is 6.92 Å². The predicted octanol–water partition coefficient (Wildman–Crippen LogP) is 3.24. The molecule has 2 aromatic rings. The Hall–Kier alpha value is -1.61. The summed E-state index contributed by atoms with van der Waals surface area (Å²) in [5, 5.41) is 11.7. The Morgan fingerprint density at radius 2 is 2.13 bits per heavy atom. The monoisotopic (exact) mass is 218 g/mol. The van der Waals surface area contributed by atoms with E-state index in [1.165, 1.54) is 0 Å². The van der Waals surface area contributed by atoms with Crippen molar-refractivity contribution in [3.63, 3.8) is 0 Å². The standard InChI is InChI=1S/C12H10O2S/c1-8-4-5-9(10(7-13)12(8)14)11-3-2-6-15-11/h2-7,14H,1H3. The van der Waals surface area contributed by atoms with E-state index in [9.17, 15) is 9.90 Å². The van der Waals surface area contributed by atoms with Crippen LogP contribution in [0.3, 0.4) is 0 Å². The number of aryl methyl sites for hydroxylation is 1. The van der Waals surface area contributed by atoms with Gasteiger partial charge in [-0.15, -0.1) is 11.3 Å². The SMILES string of the molecule is Cc1ccc(-c2cccs2)c(C=O)c1O. The summed E-state index contributed by atoms with van der Waals surface area (Å²) in [5.74, 6) is 0.0795. The van der Waals surface area contributed by atoms with E-state index in [-0.39, 0.29) is 5.75 Å². The highest BCUT2D eigenvalue weighted by Crippen LogP contribution is 2.33. The fraction of sp³-hybridized carbons (Fsp3) is 0.0833. The smallest absolute Gasteiger partial charge is 0.154 e. The van der Waals surface area contributed by atoms with Gasteiger partial charge in [0.15, 0.2) is 6.29 Å². The van der Waals surface area contributed by atoms with E-state index in [4.69, 9.17) is 0 Å². The van der Waals surface area contributed by atoms with E-state index < -0.39 is 0 Å². The number of thiophene rings is 1. The van der Waals surface area contributed by atoms with Crippen LogP contribution in [-0.2, 0) is 0 Å². The highest BCUT2D eigenvalue weighted by molar-refractivity contribution is 7.13. The summed E-state index contributed by atoms with van der Waals surface area (Å²) in [6.45, 7) is 1.78. The number of phenols is 1. The number of hydrogen-bond acceptors (Lipinski definition) is 3. The number of phenolic OH excluding ortho intramolecular Hbond substituents is 1. The molecule has 0 atom stereocenters. The van der Waals surface area contributed by atoms with Crippen LogP contribution >= 0.6 is 11.3 Å². The molecule has 15 heavy (non-hydrogen) atoms. The van der Waals surface area contributed by atoms with Crippen molar-refractivity contribution in [3.05, 3.63) is 40.8 Å². The molecule has 1 aromatic carbocycles. The van der Waals surface area contributed by atoms with Crippen molar-refractivity contribution in [2.75, 3.05) is 0 Å². The van der Waals surface area contributed by atoms with Crippen molar-refractivity contribution >= 4 is 17.6 Å². The lowest BCUT2D eigenvalue weighted by molar-refractivity contribution is 0.112. The highest BCUT2D eigenvalue weighted by Gasteiger charge is 2.11. The van der Waals surface area contributed by atoms with Crippen molar-refractivity contribution in [2.45, 2.75) is 6.92 Å². The third-order valence-corrected chi connectivity index (χ3v) is 3.23. The molecule has 1 N–H and O–H groups in total. The first-order valence-electron chi connectivity index (χ1n) is 4.55. The molecule has 1 heterocycles. The molecule has 0 bridgehead atoms. The number of benzene rings is 1. The molecule has 2 rings (SSSR count). The molecule has 0 aliphatic carbocycles. The van der Waals surface area contributed by atoms with Gasteiger partial charge in [0, 0.05) is 10.4 Å².